The van der Waals surface area contributed by atoms with Gasteiger partial charge in [-0.1, -0.05) is 6.42 Å². The second kappa shape index (κ2) is 6.21. The minimum Gasteiger partial charge on any atom is -0.307 e. The van der Waals surface area contributed by atoms with Crippen molar-refractivity contribution in [3.05, 3.63) is 24.2 Å². The van der Waals surface area contributed by atoms with E-state index in [4.69, 9.17) is 4.98 Å². The molecule has 2 fully saturated rings. The zero-order valence-corrected chi connectivity index (χ0v) is 14.2. The smallest absolute Gasteiger partial charge is 0.160 e. The zero-order valence-electron chi connectivity index (χ0n) is 14.2. The standard InChI is InChI=1S/C18H27N5/c1-13(2)22-11-8-14(12-22)23-17-16(7-5-10-20-17)21-18(23)15-6-3-4-9-19-15/h5,7,10,13-15,19H,3-4,6,8-9,11-12H2,1-2H3. The van der Waals surface area contributed by atoms with Crippen LogP contribution in [-0.4, -0.2) is 45.1 Å². The molecule has 2 atom stereocenters. The van der Waals surface area contributed by atoms with Crippen molar-refractivity contribution in [1.82, 2.24) is 24.8 Å². The molecule has 0 saturated carbocycles. The summed E-state index contributed by atoms with van der Waals surface area (Å²) in [6.45, 7) is 7.96. The van der Waals surface area contributed by atoms with Crippen LogP contribution in [0.4, 0.5) is 0 Å². The number of imidazole rings is 1. The lowest BCUT2D eigenvalue weighted by Crippen LogP contribution is -2.31. The van der Waals surface area contributed by atoms with Gasteiger partial charge in [-0.25, -0.2) is 9.97 Å². The largest absolute Gasteiger partial charge is 0.307 e. The number of likely N-dealkylation sites (tertiary alicyclic amines) is 1. The second-order valence-corrected chi connectivity index (χ2v) is 7.22. The SMILES string of the molecule is CC(C)N1CCC(n2c(C3CCCCN3)nc3cccnc32)C1. The fraction of sp³-hybridized carbons (Fsp3) is 0.667. The van der Waals surface area contributed by atoms with E-state index in [1.165, 1.54) is 38.1 Å². The number of piperidine rings is 1. The van der Waals surface area contributed by atoms with Gasteiger partial charge >= 0.3 is 0 Å². The molecule has 4 heterocycles. The van der Waals surface area contributed by atoms with Crippen molar-refractivity contribution in [3.8, 4) is 0 Å². The second-order valence-electron chi connectivity index (χ2n) is 7.22. The Morgan fingerprint density at radius 3 is 2.91 bits per heavy atom. The molecule has 2 unspecified atom stereocenters. The summed E-state index contributed by atoms with van der Waals surface area (Å²) in [6, 6.07) is 5.58. The van der Waals surface area contributed by atoms with E-state index in [1.54, 1.807) is 0 Å². The molecule has 0 spiro atoms. The predicted molar refractivity (Wildman–Crippen MR) is 92.5 cm³/mol. The van der Waals surface area contributed by atoms with Crippen LogP contribution < -0.4 is 5.32 Å². The van der Waals surface area contributed by atoms with E-state index in [2.05, 4.69) is 39.7 Å². The molecule has 0 aliphatic carbocycles. The van der Waals surface area contributed by atoms with Crippen molar-refractivity contribution < 1.29 is 0 Å². The molecule has 1 N–H and O–H groups in total. The van der Waals surface area contributed by atoms with E-state index in [9.17, 15) is 0 Å². The molecule has 5 nitrogen and oxygen atoms in total. The van der Waals surface area contributed by atoms with Crippen LogP contribution in [-0.2, 0) is 0 Å². The average Bonchev–Trinajstić information content (AvgIpc) is 3.20. The molecule has 2 aromatic rings. The summed E-state index contributed by atoms with van der Waals surface area (Å²) in [4.78, 5) is 12.2. The number of rotatable bonds is 3. The lowest BCUT2D eigenvalue weighted by Gasteiger charge is -2.26. The summed E-state index contributed by atoms with van der Waals surface area (Å²) in [5, 5.41) is 3.67. The van der Waals surface area contributed by atoms with Gasteiger partial charge in [0.25, 0.3) is 0 Å². The van der Waals surface area contributed by atoms with Gasteiger partial charge in [0.1, 0.15) is 11.3 Å². The lowest BCUT2D eigenvalue weighted by molar-refractivity contribution is 0.263. The van der Waals surface area contributed by atoms with Gasteiger partial charge in [0.05, 0.1) is 12.1 Å². The van der Waals surface area contributed by atoms with E-state index >= 15 is 0 Å². The van der Waals surface area contributed by atoms with Gasteiger partial charge in [0.2, 0.25) is 0 Å². The van der Waals surface area contributed by atoms with Gasteiger partial charge < -0.3 is 9.88 Å². The van der Waals surface area contributed by atoms with Crippen molar-refractivity contribution in [2.24, 2.45) is 0 Å². The topological polar surface area (TPSA) is 46.0 Å². The Labute approximate surface area is 138 Å². The van der Waals surface area contributed by atoms with Gasteiger partial charge in [-0.2, -0.15) is 0 Å². The van der Waals surface area contributed by atoms with E-state index in [-0.39, 0.29) is 0 Å². The number of fused-ring (bicyclic) bond motifs is 1. The Bertz CT molecular complexity index is 671. The number of nitrogens with one attached hydrogen (secondary N) is 1. The van der Waals surface area contributed by atoms with E-state index in [0.717, 1.165) is 24.3 Å². The van der Waals surface area contributed by atoms with Gasteiger partial charge in [-0.15, -0.1) is 0 Å². The van der Waals surface area contributed by atoms with Crippen molar-refractivity contribution in [2.45, 2.75) is 57.7 Å². The Kier molecular flexibility index (Phi) is 4.07. The van der Waals surface area contributed by atoms with Crippen LogP contribution in [0.1, 0.15) is 57.4 Å². The fourth-order valence-electron chi connectivity index (χ4n) is 4.07. The highest BCUT2D eigenvalue weighted by Crippen LogP contribution is 2.32. The first-order valence-electron chi connectivity index (χ1n) is 9.04. The predicted octanol–water partition coefficient (Wildman–Crippen LogP) is 2.90. The number of pyridine rings is 1. The first-order chi connectivity index (χ1) is 11.2. The van der Waals surface area contributed by atoms with E-state index < -0.39 is 0 Å². The maximum Gasteiger partial charge on any atom is 0.160 e. The van der Waals surface area contributed by atoms with Gasteiger partial charge in [0, 0.05) is 25.3 Å². The molecule has 124 valence electrons. The van der Waals surface area contributed by atoms with Crippen LogP contribution >= 0.6 is 0 Å². The molecule has 23 heavy (non-hydrogen) atoms. The third-order valence-corrected chi connectivity index (χ3v) is 5.39. The first kappa shape index (κ1) is 15.1. The monoisotopic (exact) mass is 313 g/mol. The molecule has 2 aromatic heterocycles. The highest BCUT2D eigenvalue weighted by Gasteiger charge is 2.31. The highest BCUT2D eigenvalue weighted by atomic mass is 15.3. The number of nitrogens with zero attached hydrogens (tertiary/aromatic N) is 4. The van der Waals surface area contributed by atoms with Crippen molar-refractivity contribution in [2.75, 3.05) is 19.6 Å². The Balaban J connectivity index is 1.74. The van der Waals surface area contributed by atoms with Gasteiger partial charge in [-0.3, -0.25) is 4.90 Å². The maximum absolute atomic E-state index is 4.97. The molecule has 2 aliphatic rings. The molecule has 2 saturated heterocycles. The molecule has 0 aromatic carbocycles. The highest BCUT2D eigenvalue weighted by molar-refractivity contribution is 5.71. The van der Waals surface area contributed by atoms with Crippen LogP contribution in [0, 0.1) is 0 Å². The third kappa shape index (κ3) is 2.76. The van der Waals surface area contributed by atoms with Crippen LogP contribution in [0.3, 0.4) is 0 Å². The van der Waals surface area contributed by atoms with Gasteiger partial charge in [0.15, 0.2) is 5.65 Å². The van der Waals surface area contributed by atoms with Crippen LogP contribution in [0.25, 0.3) is 11.2 Å². The number of hydrogen-bond acceptors (Lipinski definition) is 4. The average molecular weight is 313 g/mol. The maximum atomic E-state index is 4.97. The quantitative estimate of drug-likeness (QED) is 0.946. The van der Waals surface area contributed by atoms with Crippen molar-refractivity contribution in [1.29, 1.82) is 0 Å². The summed E-state index contributed by atoms with van der Waals surface area (Å²) in [6.07, 6.45) is 6.84. The molecular weight excluding hydrogens is 286 g/mol. The fourth-order valence-corrected chi connectivity index (χ4v) is 4.07. The molecular formula is C18H27N5. The molecule has 5 heteroatoms. The molecule has 0 radical (unpaired) electrons. The third-order valence-electron chi connectivity index (χ3n) is 5.39. The number of aromatic nitrogens is 3. The van der Waals surface area contributed by atoms with E-state index in [1.807, 2.05) is 12.3 Å². The Morgan fingerprint density at radius 2 is 2.17 bits per heavy atom. The molecule has 4 rings (SSSR count). The van der Waals surface area contributed by atoms with Crippen molar-refractivity contribution >= 4 is 11.2 Å². The van der Waals surface area contributed by atoms with Crippen LogP contribution in [0.5, 0.6) is 0 Å². The Hall–Kier alpha value is -1.46. The summed E-state index contributed by atoms with van der Waals surface area (Å²) in [5.41, 5.74) is 2.10. The van der Waals surface area contributed by atoms with Gasteiger partial charge in [-0.05, 0) is 51.8 Å². The molecule has 0 amide bonds. The first-order valence-corrected chi connectivity index (χ1v) is 9.04. The zero-order chi connectivity index (χ0) is 15.8. The number of hydrogen-bond donors (Lipinski definition) is 1. The van der Waals surface area contributed by atoms with E-state index in [0.29, 0.717) is 18.1 Å². The van der Waals surface area contributed by atoms with Crippen LogP contribution in [0.15, 0.2) is 18.3 Å². The summed E-state index contributed by atoms with van der Waals surface area (Å²) in [7, 11) is 0. The van der Waals surface area contributed by atoms with Crippen LogP contribution in [0.2, 0.25) is 0 Å². The minimum absolute atomic E-state index is 0.381. The summed E-state index contributed by atoms with van der Waals surface area (Å²) >= 11 is 0. The minimum atomic E-state index is 0.381. The van der Waals surface area contributed by atoms with Crippen molar-refractivity contribution in [3.63, 3.8) is 0 Å². The summed E-state index contributed by atoms with van der Waals surface area (Å²) < 4.78 is 2.45. The lowest BCUT2D eigenvalue weighted by atomic mass is 10.0. The Morgan fingerprint density at radius 1 is 1.26 bits per heavy atom. The molecule has 2 aliphatic heterocycles. The normalized spacial score (nSPS) is 26.4. The molecule has 0 bridgehead atoms. The summed E-state index contributed by atoms with van der Waals surface area (Å²) in [5.74, 6) is 1.20.